The van der Waals surface area contributed by atoms with E-state index in [4.69, 9.17) is 0 Å². The van der Waals surface area contributed by atoms with Crippen LogP contribution < -0.4 is 4.29 Å². The Balaban J connectivity index is 2.27. The minimum atomic E-state index is 0.220. The molecule has 1 aromatic heterocycles. The van der Waals surface area contributed by atoms with Crippen LogP contribution in [-0.4, -0.2) is 4.57 Å². The van der Waals surface area contributed by atoms with Crippen molar-refractivity contribution in [2.75, 3.05) is 0 Å². The van der Waals surface area contributed by atoms with Gasteiger partial charge in [0.2, 0.25) is 0 Å². The first-order chi connectivity index (χ1) is 8.11. The molecule has 2 rings (SSSR count). The van der Waals surface area contributed by atoms with Crippen molar-refractivity contribution in [1.82, 2.24) is 4.57 Å². The van der Waals surface area contributed by atoms with E-state index in [2.05, 4.69) is 50.6 Å². The van der Waals surface area contributed by atoms with Gasteiger partial charge in [-0.05, 0) is 0 Å². The molecule has 1 aliphatic carbocycles. The van der Waals surface area contributed by atoms with Crippen LogP contribution in [0.2, 0.25) is 0 Å². The first kappa shape index (κ1) is 12.8. The third-order valence-electron chi connectivity index (χ3n) is 3.58. The van der Waals surface area contributed by atoms with Crippen molar-refractivity contribution in [3.05, 3.63) is 39.2 Å². The van der Waals surface area contributed by atoms with Crippen molar-refractivity contribution < 1.29 is 17.1 Å². The van der Waals surface area contributed by atoms with Crippen LogP contribution in [0.15, 0.2) is 22.4 Å². The van der Waals surface area contributed by atoms with E-state index in [1.807, 2.05) is 0 Å². The fraction of sp³-hybridized carbons (Fsp3) is 0.467. The molecular formula is C15H21NRu. The van der Waals surface area contributed by atoms with E-state index in [1.54, 1.807) is 8.46 Å². The Hall–Kier alpha value is -0.617. The number of allylic oxidation sites excluding steroid dienone is 4. The summed E-state index contributed by atoms with van der Waals surface area (Å²) in [6.45, 7) is 6.75. The van der Waals surface area contributed by atoms with Crippen LogP contribution in [0, 0.1) is 20.8 Å². The van der Waals surface area contributed by atoms with Crippen LogP contribution in [0.4, 0.5) is 0 Å². The molecule has 0 spiro atoms. The zero-order valence-electron chi connectivity index (χ0n) is 11.2. The van der Waals surface area contributed by atoms with Gasteiger partial charge in [-0.2, -0.15) is 0 Å². The van der Waals surface area contributed by atoms with Gasteiger partial charge in [0.15, 0.2) is 0 Å². The molecule has 0 aromatic carbocycles. The SMILES string of the molecule is Cc1c(C)[c]([Ru][C]2=CC=CCCC2)n(C)c1C. The van der Waals surface area contributed by atoms with Crippen molar-refractivity contribution in [2.45, 2.75) is 40.0 Å². The molecule has 0 aliphatic heterocycles. The first-order valence-corrected chi connectivity index (χ1v) is 7.95. The zero-order chi connectivity index (χ0) is 12.4. The van der Waals surface area contributed by atoms with Crippen LogP contribution in [0.1, 0.15) is 36.1 Å². The summed E-state index contributed by atoms with van der Waals surface area (Å²) in [6, 6.07) is 0. The van der Waals surface area contributed by atoms with Crippen molar-refractivity contribution in [3.8, 4) is 0 Å². The van der Waals surface area contributed by atoms with Gasteiger partial charge in [0.1, 0.15) is 0 Å². The summed E-state index contributed by atoms with van der Waals surface area (Å²) in [5, 5.41) is 0. The number of aromatic nitrogens is 1. The van der Waals surface area contributed by atoms with E-state index in [1.165, 1.54) is 36.1 Å². The van der Waals surface area contributed by atoms with E-state index in [-0.39, 0.29) is 17.1 Å². The van der Waals surface area contributed by atoms with Gasteiger partial charge >= 0.3 is 112 Å². The van der Waals surface area contributed by atoms with Crippen LogP contribution in [-0.2, 0) is 24.2 Å². The maximum atomic E-state index is 2.40. The van der Waals surface area contributed by atoms with Gasteiger partial charge in [-0.15, -0.1) is 0 Å². The predicted molar refractivity (Wildman–Crippen MR) is 70.3 cm³/mol. The van der Waals surface area contributed by atoms with Gasteiger partial charge in [0.05, 0.1) is 0 Å². The summed E-state index contributed by atoms with van der Waals surface area (Å²) in [6.07, 6.45) is 10.7. The topological polar surface area (TPSA) is 4.93 Å². The second-order valence-corrected chi connectivity index (χ2v) is 7.05. The molecule has 0 saturated heterocycles. The van der Waals surface area contributed by atoms with Crippen molar-refractivity contribution in [1.29, 1.82) is 0 Å². The van der Waals surface area contributed by atoms with Crippen molar-refractivity contribution >= 4 is 4.29 Å². The molecule has 2 heteroatoms. The second kappa shape index (κ2) is 5.35. The first-order valence-electron chi connectivity index (χ1n) is 6.22. The average molecular weight is 316 g/mol. The summed E-state index contributed by atoms with van der Waals surface area (Å²) < 4.78 is 5.64. The molecule has 0 amide bonds. The zero-order valence-corrected chi connectivity index (χ0v) is 12.9. The van der Waals surface area contributed by atoms with E-state index >= 15 is 0 Å². The molecule has 1 aromatic rings. The molecule has 1 aliphatic rings. The van der Waals surface area contributed by atoms with E-state index in [0.717, 1.165) is 0 Å². The Labute approximate surface area is 112 Å². The predicted octanol–water partition coefficient (Wildman–Crippen LogP) is 3.28. The molecular weight excluding hydrogens is 295 g/mol. The number of nitrogens with zero attached hydrogens (tertiary/aromatic N) is 1. The molecule has 0 saturated carbocycles. The van der Waals surface area contributed by atoms with Crippen molar-refractivity contribution in [2.24, 2.45) is 7.05 Å². The summed E-state index contributed by atoms with van der Waals surface area (Å²) >= 11 is 0.220. The number of hydrogen-bond donors (Lipinski definition) is 0. The van der Waals surface area contributed by atoms with Gasteiger partial charge in [-0.1, -0.05) is 0 Å². The molecule has 0 unspecified atom stereocenters. The summed E-state index contributed by atoms with van der Waals surface area (Å²) in [5.41, 5.74) is 4.41. The molecule has 17 heavy (non-hydrogen) atoms. The van der Waals surface area contributed by atoms with Gasteiger partial charge in [-0.3, -0.25) is 0 Å². The van der Waals surface area contributed by atoms with Gasteiger partial charge in [0.25, 0.3) is 0 Å². The van der Waals surface area contributed by atoms with E-state index in [0.29, 0.717) is 0 Å². The monoisotopic (exact) mass is 317 g/mol. The Morgan fingerprint density at radius 2 is 1.94 bits per heavy atom. The Bertz CT molecular complexity index is 452. The molecule has 94 valence electrons. The van der Waals surface area contributed by atoms with Crippen LogP contribution >= 0.6 is 0 Å². The summed E-state index contributed by atoms with van der Waals surface area (Å²) in [4.78, 5) is 0. The van der Waals surface area contributed by atoms with Gasteiger partial charge in [0, 0.05) is 0 Å². The van der Waals surface area contributed by atoms with Crippen LogP contribution in [0.25, 0.3) is 0 Å². The normalized spacial score (nSPS) is 16.1. The third-order valence-corrected chi connectivity index (χ3v) is 6.51. The van der Waals surface area contributed by atoms with Gasteiger partial charge in [-0.25, -0.2) is 0 Å². The fourth-order valence-corrected chi connectivity index (χ4v) is 4.71. The Morgan fingerprint density at radius 1 is 1.18 bits per heavy atom. The minimum absolute atomic E-state index is 0.220. The van der Waals surface area contributed by atoms with E-state index in [9.17, 15) is 0 Å². The molecule has 0 radical (unpaired) electrons. The summed E-state index contributed by atoms with van der Waals surface area (Å²) in [5.74, 6) is 0. The molecule has 0 fully saturated rings. The quantitative estimate of drug-likeness (QED) is 0.738. The third kappa shape index (κ3) is 2.63. The second-order valence-electron chi connectivity index (χ2n) is 4.68. The fourth-order valence-electron chi connectivity index (χ4n) is 2.11. The molecule has 0 atom stereocenters. The molecule has 0 bridgehead atoms. The Kier molecular flexibility index (Phi) is 4.04. The summed E-state index contributed by atoms with van der Waals surface area (Å²) in [7, 11) is 2.21. The van der Waals surface area contributed by atoms with Crippen LogP contribution in [0.5, 0.6) is 0 Å². The molecule has 0 N–H and O–H groups in total. The molecule has 1 nitrogen and oxygen atoms in total. The van der Waals surface area contributed by atoms with Crippen LogP contribution in [0.3, 0.4) is 0 Å². The van der Waals surface area contributed by atoms with Crippen molar-refractivity contribution in [3.63, 3.8) is 0 Å². The van der Waals surface area contributed by atoms with E-state index < -0.39 is 0 Å². The Morgan fingerprint density at radius 3 is 2.59 bits per heavy atom. The average Bonchev–Trinajstić information content (AvgIpc) is 2.59. The number of hydrogen-bond acceptors (Lipinski definition) is 0. The standard InChI is InChI=1S/C8H12N.C7H9.Ru/c1-6-5-9(4)8(3)7(6)2;1-2-4-6-7-5-3-1;/h1-4H3;1-3H,4,6-7H2;. The molecule has 1 heterocycles. The number of rotatable bonds is 2. The van der Waals surface area contributed by atoms with Gasteiger partial charge < -0.3 is 0 Å². The maximum absolute atomic E-state index is 2.40.